The quantitative estimate of drug-likeness (QED) is 0.902. The Bertz CT molecular complexity index is 468. The van der Waals surface area contributed by atoms with Crippen molar-refractivity contribution in [3.05, 3.63) is 28.8 Å². The monoisotopic (exact) mass is 281 g/mol. The third-order valence-corrected chi connectivity index (χ3v) is 3.87. The van der Waals surface area contributed by atoms with Gasteiger partial charge in [-0.1, -0.05) is 17.7 Å². The normalized spacial score (nSPS) is 17.5. The lowest BCUT2D eigenvalue weighted by Crippen LogP contribution is -2.48. The van der Waals surface area contributed by atoms with E-state index in [0.29, 0.717) is 0 Å². The van der Waals surface area contributed by atoms with Crippen molar-refractivity contribution in [2.24, 2.45) is 5.73 Å². The minimum atomic E-state index is -0.0129. The molecule has 1 aliphatic rings. The summed E-state index contributed by atoms with van der Waals surface area (Å²) >= 11 is 6.33. The van der Waals surface area contributed by atoms with E-state index in [9.17, 15) is 4.79 Å². The summed E-state index contributed by atoms with van der Waals surface area (Å²) in [6, 6.07) is 5.95. The number of benzene rings is 1. The van der Waals surface area contributed by atoms with Gasteiger partial charge in [-0.05, 0) is 24.6 Å². The number of halogens is 1. The summed E-state index contributed by atoms with van der Waals surface area (Å²) in [5.74, 6) is 0.137. The minimum Gasteiger partial charge on any atom is -0.367 e. The number of nitrogens with zero attached hydrogens (tertiary/aromatic N) is 2. The summed E-state index contributed by atoms with van der Waals surface area (Å²) in [6.45, 7) is 6.69. The van der Waals surface area contributed by atoms with Gasteiger partial charge in [-0.25, -0.2) is 0 Å². The fourth-order valence-corrected chi connectivity index (χ4v) is 2.63. The molecule has 0 saturated carbocycles. The van der Waals surface area contributed by atoms with Crippen LogP contribution in [0.15, 0.2) is 18.2 Å². The number of carbonyl (C=O) groups is 1. The number of hydrogen-bond acceptors (Lipinski definition) is 3. The minimum absolute atomic E-state index is 0.0129. The van der Waals surface area contributed by atoms with Crippen molar-refractivity contribution in [1.82, 2.24) is 4.90 Å². The van der Waals surface area contributed by atoms with Gasteiger partial charge in [-0.2, -0.15) is 0 Å². The van der Waals surface area contributed by atoms with Gasteiger partial charge < -0.3 is 15.5 Å². The maximum atomic E-state index is 11.3. The number of anilines is 1. The zero-order valence-electron chi connectivity index (χ0n) is 11.4. The summed E-state index contributed by atoms with van der Waals surface area (Å²) in [5.41, 5.74) is 7.91. The molecule has 0 aliphatic carbocycles. The van der Waals surface area contributed by atoms with Crippen molar-refractivity contribution in [3.8, 4) is 0 Å². The topological polar surface area (TPSA) is 49.6 Å². The van der Waals surface area contributed by atoms with Gasteiger partial charge in [0.25, 0.3) is 0 Å². The second-order valence-electron chi connectivity index (χ2n) is 4.99. The van der Waals surface area contributed by atoms with Gasteiger partial charge in [-0.3, -0.25) is 4.79 Å². The molecule has 1 saturated heterocycles. The summed E-state index contributed by atoms with van der Waals surface area (Å²) < 4.78 is 0. The van der Waals surface area contributed by atoms with Crippen LogP contribution in [0.2, 0.25) is 5.02 Å². The number of hydrogen-bond donors (Lipinski definition) is 1. The number of nitrogens with two attached hydrogens (primary N) is 1. The molecule has 19 heavy (non-hydrogen) atoms. The predicted octanol–water partition coefficient (Wildman–Crippen LogP) is 2.03. The lowest BCUT2D eigenvalue weighted by Gasteiger charge is -2.36. The maximum Gasteiger partial charge on any atom is 0.219 e. The molecular weight excluding hydrogens is 262 g/mol. The molecule has 1 aliphatic heterocycles. The lowest BCUT2D eigenvalue weighted by atomic mass is 10.1. The highest BCUT2D eigenvalue weighted by Crippen LogP contribution is 2.29. The Morgan fingerprint density at radius 3 is 2.42 bits per heavy atom. The van der Waals surface area contributed by atoms with Crippen molar-refractivity contribution in [1.29, 1.82) is 0 Å². The van der Waals surface area contributed by atoms with Crippen LogP contribution in [0.3, 0.4) is 0 Å². The van der Waals surface area contributed by atoms with E-state index in [1.165, 1.54) is 0 Å². The van der Waals surface area contributed by atoms with Gasteiger partial charge in [0.15, 0.2) is 0 Å². The highest BCUT2D eigenvalue weighted by molar-refractivity contribution is 6.33. The highest BCUT2D eigenvalue weighted by atomic mass is 35.5. The molecule has 0 radical (unpaired) electrons. The molecule has 104 valence electrons. The summed E-state index contributed by atoms with van der Waals surface area (Å²) in [6.07, 6.45) is 0. The Morgan fingerprint density at radius 1 is 1.32 bits per heavy atom. The molecular formula is C14H20ClN3O. The van der Waals surface area contributed by atoms with Crippen LogP contribution in [-0.4, -0.2) is 37.0 Å². The zero-order chi connectivity index (χ0) is 14.0. The van der Waals surface area contributed by atoms with Crippen molar-refractivity contribution in [2.45, 2.75) is 19.9 Å². The predicted molar refractivity (Wildman–Crippen MR) is 78.5 cm³/mol. The van der Waals surface area contributed by atoms with Gasteiger partial charge >= 0.3 is 0 Å². The Balaban J connectivity index is 2.09. The van der Waals surface area contributed by atoms with Crippen LogP contribution >= 0.6 is 11.6 Å². The third kappa shape index (κ3) is 3.19. The largest absolute Gasteiger partial charge is 0.367 e. The molecule has 1 aromatic rings. The van der Waals surface area contributed by atoms with E-state index in [1.807, 2.05) is 30.0 Å². The van der Waals surface area contributed by atoms with Crippen LogP contribution in [0, 0.1) is 0 Å². The van der Waals surface area contributed by atoms with Crippen LogP contribution in [0.5, 0.6) is 0 Å². The van der Waals surface area contributed by atoms with E-state index in [2.05, 4.69) is 4.90 Å². The van der Waals surface area contributed by atoms with Crippen molar-refractivity contribution >= 4 is 23.2 Å². The zero-order valence-corrected chi connectivity index (χ0v) is 12.2. The number of carbonyl (C=O) groups excluding carboxylic acids is 1. The van der Waals surface area contributed by atoms with Crippen LogP contribution in [0.1, 0.15) is 25.5 Å². The molecule has 2 N–H and O–H groups in total. The first kappa shape index (κ1) is 14.2. The SMILES string of the molecule is CC(=O)N1CCN(c2ccc(C(C)N)cc2Cl)CC1. The van der Waals surface area contributed by atoms with E-state index in [1.54, 1.807) is 6.92 Å². The fourth-order valence-electron chi connectivity index (χ4n) is 2.33. The Kier molecular flexibility index (Phi) is 4.32. The van der Waals surface area contributed by atoms with Gasteiger partial charge in [0.1, 0.15) is 0 Å². The van der Waals surface area contributed by atoms with Crippen molar-refractivity contribution < 1.29 is 4.79 Å². The van der Waals surface area contributed by atoms with Gasteiger partial charge in [-0.15, -0.1) is 0 Å². The Labute approximate surface area is 119 Å². The molecule has 0 bridgehead atoms. The third-order valence-electron chi connectivity index (χ3n) is 3.56. The molecule has 1 heterocycles. The van der Waals surface area contributed by atoms with Gasteiger partial charge in [0, 0.05) is 39.1 Å². The van der Waals surface area contributed by atoms with E-state index in [4.69, 9.17) is 17.3 Å². The molecule has 1 aromatic carbocycles. The summed E-state index contributed by atoms with van der Waals surface area (Å²) in [5, 5.41) is 0.728. The van der Waals surface area contributed by atoms with E-state index >= 15 is 0 Å². The Hall–Kier alpha value is -1.26. The van der Waals surface area contributed by atoms with Gasteiger partial charge in [0.2, 0.25) is 5.91 Å². The first-order valence-corrected chi connectivity index (χ1v) is 6.92. The van der Waals surface area contributed by atoms with Crippen LogP contribution < -0.4 is 10.6 Å². The average Bonchev–Trinajstić information content (AvgIpc) is 2.38. The standard InChI is InChI=1S/C14H20ClN3O/c1-10(16)12-3-4-14(13(15)9-12)18-7-5-17(6-8-18)11(2)19/h3-4,9-10H,5-8,16H2,1-2H3. The number of piperazine rings is 1. The lowest BCUT2D eigenvalue weighted by molar-refractivity contribution is -0.129. The van der Waals surface area contributed by atoms with E-state index < -0.39 is 0 Å². The number of rotatable bonds is 2. The molecule has 2 rings (SSSR count). The summed E-state index contributed by atoms with van der Waals surface area (Å²) in [4.78, 5) is 15.4. The maximum absolute atomic E-state index is 11.3. The first-order valence-electron chi connectivity index (χ1n) is 6.54. The van der Waals surface area contributed by atoms with E-state index in [0.717, 1.165) is 42.5 Å². The molecule has 0 aromatic heterocycles. The van der Waals surface area contributed by atoms with Crippen LogP contribution in [0.4, 0.5) is 5.69 Å². The molecule has 1 unspecified atom stereocenters. The average molecular weight is 282 g/mol. The second-order valence-corrected chi connectivity index (χ2v) is 5.40. The molecule has 0 spiro atoms. The van der Waals surface area contributed by atoms with Crippen molar-refractivity contribution in [2.75, 3.05) is 31.1 Å². The molecule has 1 fully saturated rings. The second kappa shape index (κ2) is 5.80. The van der Waals surface area contributed by atoms with Gasteiger partial charge in [0.05, 0.1) is 10.7 Å². The first-order chi connectivity index (χ1) is 8.99. The highest BCUT2D eigenvalue weighted by Gasteiger charge is 2.20. The van der Waals surface area contributed by atoms with Crippen LogP contribution in [0.25, 0.3) is 0 Å². The Morgan fingerprint density at radius 2 is 1.95 bits per heavy atom. The molecule has 1 amide bonds. The smallest absolute Gasteiger partial charge is 0.219 e. The fraction of sp³-hybridized carbons (Fsp3) is 0.500. The summed E-state index contributed by atoms with van der Waals surface area (Å²) in [7, 11) is 0. The van der Waals surface area contributed by atoms with Crippen LogP contribution in [-0.2, 0) is 4.79 Å². The molecule has 4 nitrogen and oxygen atoms in total. The molecule has 1 atom stereocenters. The molecule has 5 heteroatoms. The number of amides is 1. The van der Waals surface area contributed by atoms with Crippen molar-refractivity contribution in [3.63, 3.8) is 0 Å². The van der Waals surface area contributed by atoms with E-state index in [-0.39, 0.29) is 11.9 Å².